The van der Waals surface area contributed by atoms with Crippen molar-refractivity contribution in [2.24, 2.45) is 0 Å². The maximum atomic E-state index is 13.0. The third kappa shape index (κ3) is 7.35. The first-order chi connectivity index (χ1) is 15.1. The second-order valence-electron chi connectivity index (χ2n) is 6.92. The Morgan fingerprint density at radius 3 is 2.47 bits per heavy atom. The number of benzene rings is 2. The van der Waals surface area contributed by atoms with Crippen LogP contribution >= 0.6 is 11.8 Å². The Bertz CT molecular complexity index is 1060. The number of carboxylic acids is 1. The van der Waals surface area contributed by atoms with Crippen molar-refractivity contribution in [2.45, 2.75) is 12.5 Å². The maximum absolute atomic E-state index is 13.0. The van der Waals surface area contributed by atoms with E-state index in [-0.39, 0.29) is 29.6 Å². The number of thioether (sulfide) groups is 1. The van der Waals surface area contributed by atoms with Gasteiger partial charge in [-0.1, -0.05) is 54.6 Å². The minimum atomic E-state index is -1.28. The minimum absolute atomic E-state index is 0. The van der Waals surface area contributed by atoms with E-state index in [2.05, 4.69) is 10.3 Å². The first-order valence-electron chi connectivity index (χ1n) is 9.86. The van der Waals surface area contributed by atoms with E-state index < -0.39 is 17.9 Å². The number of carbonyl (C=O) groups is 2. The van der Waals surface area contributed by atoms with Crippen molar-refractivity contribution in [3.63, 3.8) is 0 Å². The SMILES string of the molecule is CSCCC(NC(=O)c1ccc(/C=C/c2cccnc2)cc1-c1ccccc1)C(=O)[O-].[Na+]. The zero-order chi connectivity index (χ0) is 22.1. The standard InChI is InChI=1S/C25H24N2O3S.Na/c1-31-15-13-23(25(29)30)27-24(28)21-12-11-18(9-10-19-6-5-14-26-17-19)16-22(21)20-7-3-2-4-8-20;/h2-12,14,16-17,23H,13,15H2,1H3,(H,27,28)(H,29,30);/q;+1/p-1/b10-9+;. The van der Waals surface area contributed by atoms with Crippen LogP contribution in [-0.2, 0) is 4.79 Å². The van der Waals surface area contributed by atoms with Crippen molar-refractivity contribution >= 4 is 35.8 Å². The molecule has 1 heterocycles. The molecule has 158 valence electrons. The molecule has 5 nitrogen and oxygen atoms in total. The number of amides is 1. The summed E-state index contributed by atoms with van der Waals surface area (Å²) in [7, 11) is 0. The molecular formula is C25H23N2NaO3S. The Morgan fingerprint density at radius 2 is 1.81 bits per heavy atom. The van der Waals surface area contributed by atoms with Gasteiger partial charge in [0.05, 0.1) is 12.0 Å². The number of aromatic nitrogens is 1. The largest absolute Gasteiger partial charge is 1.00 e. The van der Waals surface area contributed by atoms with Crippen LogP contribution in [0.25, 0.3) is 23.3 Å². The van der Waals surface area contributed by atoms with E-state index in [9.17, 15) is 14.7 Å². The average Bonchev–Trinajstić information content (AvgIpc) is 2.81. The molecule has 0 aliphatic rings. The van der Waals surface area contributed by atoms with Gasteiger partial charge >= 0.3 is 29.6 Å². The van der Waals surface area contributed by atoms with Crippen molar-refractivity contribution in [3.8, 4) is 11.1 Å². The van der Waals surface area contributed by atoms with Crippen LogP contribution in [0.1, 0.15) is 27.9 Å². The third-order valence-electron chi connectivity index (χ3n) is 4.73. The van der Waals surface area contributed by atoms with Gasteiger partial charge in [0.1, 0.15) is 0 Å². The van der Waals surface area contributed by atoms with Crippen LogP contribution in [0.2, 0.25) is 0 Å². The summed E-state index contributed by atoms with van der Waals surface area (Å²) in [5.41, 5.74) is 3.90. The van der Waals surface area contributed by atoms with Crippen molar-refractivity contribution < 1.29 is 44.3 Å². The molecule has 0 aliphatic heterocycles. The van der Waals surface area contributed by atoms with Gasteiger partial charge in [-0.3, -0.25) is 9.78 Å². The van der Waals surface area contributed by atoms with E-state index in [4.69, 9.17) is 0 Å². The van der Waals surface area contributed by atoms with Crippen molar-refractivity contribution in [1.29, 1.82) is 0 Å². The number of hydrogen-bond donors (Lipinski definition) is 1. The molecule has 1 aromatic heterocycles. The monoisotopic (exact) mass is 454 g/mol. The summed E-state index contributed by atoms with van der Waals surface area (Å²) in [5, 5.41) is 14.1. The van der Waals surface area contributed by atoms with Crippen LogP contribution in [-0.4, -0.2) is 34.9 Å². The molecule has 0 radical (unpaired) electrons. The number of carboxylic acid groups (broad SMARTS) is 1. The summed E-state index contributed by atoms with van der Waals surface area (Å²) >= 11 is 1.52. The number of aliphatic carboxylic acids is 1. The van der Waals surface area contributed by atoms with Gasteiger partial charge in [0, 0.05) is 18.0 Å². The summed E-state index contributed by atoms with van der Waals surface area (Å²) in [6.45, 7) is 0. The quantitative estimate of drug-likeness (QED) is 0.477. The fourth-order valence-corrected chi connectivity index (χ4v) is 3.58. The summed E-state index contributed by atoms with van der Waals surface area (Å²) in [4.78, 5) is 28.5. The molecule has 0 fully saturated rings. The summed E-state index contributed by atoms with van der Waals surface area (Å²) < 4.78 is 0. The Morgan fingerprint density at radius 1 is 1.06 bits per heavy atom. The van der Waals surface area contributed by atoms with E-state index in [1.165, 1.54) is 11.8 Å². The number of nitrogens with zero attached hydrogens (tertiary/aromatic N) is 1. The first-order valence-corrected chi connectivity index (χ1v) is 11.3. The van der Waals surface area contributed by atoms with Crippen LogP contribution in [0.15, 0.2) is 73.1 Å². The van der Waals surface area contributed by atoms with E-state index in [1.807, 2.05) is 73.0 Å². The Hall–Kier alpha value is -2.38. The fourth-order valence-electron chi connectivity index (χ4n) is 3.11. The molecule has 2 aromatic carbocycles. The van der Waals surface area contributed by atoms with Gasteiger partial charge in [0.2, 0.25) is 0 Å². The Balaban J connectivity index is 0.00000363. The second-order valence-corrected chi connectivity index (χ2v) is 7.90. The van der Waals surface area contributed by atoms with Crippen LogP contribution in [0.3, 0.4) is 0 Å². The molecule has 1 unspecified atom stereocenters. The molecule has 7 heteroatoms. The number of nitrogens with one attached hydrogen (secondary N) is 1. The zero-order valence-electron chi connectivity index (χ0n) is 18.2. The van der Waals surface area contributed by atoms with Gasteiger partial charge < -0.3 is 15.2 Å². The third-order valence-corrected chi connectivity index (χ3v) is 5.37. The van der Waals surface area contributed by atoms with Gasteiger partial charge in [-0.2, -0.15) is 11.8 Å². The zero-order valence-corrected chi connectivity index (χ0v) is 21.0. The smallest absolute Gasteiger partial charge is 0.548 e. The van der Waals surface area contributed by atoms with Gasteiger partial charge in [-0.15, -0.1) is 0 Å². The minimum Gasteiger partial charge on any atom is -0.548 e. The Labute approximate surface area is 214 Å². The van der Waals surface area contributed by atoms with Crippen LogP contribution in [0.5, 0.6) is 0 Å². The summed E-state index contributed by atoms with van der Waals surface area (Å²) in [6, 6.07) is 17.8. The molecule has 1 amide bonds. The molecule has 1 atom stereocenters. The molecule has 3 rings (SSSR count). The van der Waals surface area contributed by atoms with E-state index in [0.717, 1.165) is 22.3 Å². The predicted octanol–water partition coefficient (Wildman–Crippen LogP) is 0.524. The molecule has 0 saturated carbocycles. The van der Waals surface area contributed by atoms with Gasteiger partial charge in [-0.05, 0) is 58.9 Å². The molecular weight excluding hydrogens is 431 g/mol. The van der Waals surface area contributed by atoms with Crippen molar-refractivity contribution in [3.05, 3.63) is 89.7 Å². The van der Waals surface area contributed by atoms with Gasteiger partial charge in [-0.25, -0.2) is 0 Å². The number of pyridine rings is 1. The number of carbonyl (C=O) groups excluding carboxylic acids is 2. The van der Waals surface area contributed by atoms with E-state index in [0.29, 0.717) is 17.7 Å². The number of rotatable bonds is 9. The molecule has 0 spiro atoms. The van der Waals surface area contributed by atoms with Crippen LogP contribution in [0.4, 0.5) is 0 Å². The fraction of sp³-hybridized carbons (Fsp3) is 0.160. The number of hydrogen-bond acceptors (Lipinski definition) is 5. The normalized spacial score (nSPS) is 11.5. The summed E-state index contributed by atoms with van der Waals surface area (Å²) in [5.74, 6) is -1.10. The molecule has 32 heavy (non-hydrogen) atoms. The molecule has 0 saturated heterocycles. The van der Waals surface area contributed by atoms with Crippen molar-refractivity contribution in [2.75, 3.05) is 12.0 Å². The van der Waals surface area contributed by atoms with Crippen LogP contribution in [0, 0.1) is 0 Å². The molecule has 1 N–H and O–H groups in total. The predicted molar refractivity (Wildman–Crippen MR) is 124 cm³/mol. The Kier molecular flexibility index (Phi) is 10.7. The maximum Gasteiger partial charge on any atom is 1.00 e. The summed E-state index contributed by atoms with van der Waals surface area (Å²) in [6.07, 6.45) is 9.59. The van der Waals surface area contributed by atoms with E-state index >= 15 is 0 Å². The van der Waals surface area contributed by atoms with Crippen molar-refractivity contribution in [1.82, 2.24) is 10.3 Å². The van der Waals surface area contributed by atoms with Gasteiger partial charge in [0.25, 0.3) is 5.91 Å². The average molecular weight is 455 g/mol. The topological polar surface area (TPSA) is 82.1 Å². The molecule has 3 aromatic rings. The van der Waals surface area contributed by atoms with Crippen LogP contribution < -0.4 is 40.0 Å². The van der Waals surface area contributed by atoms with E-state index in [1.54, 1.807) is 18.5 Å². The van der Waals surface area contributed by atoms with Gasteiger partial charge in [0.15, 0.2) is 0 Å². The second kappa shape index (κ2) is 13.2. The molecule has 0 aliphatic carbocycles. The first kappa shape index (κ1) is 25.9. The molecule has 0 bridgehead atoms.